The lowest BCUT2D eigenvalue weighted by molar-refractivity contribution is -0.146. The van der Waals surface area contributed by atoms with Gasteiger partial charge >= 0.3 is 5.97 Å². The highest BCUT2D eigenvalue weighted by molar-refractivity contribution is 7.86. The summed E-state index contributed by atoms with van der Waals surface area (Å²) in [7, 11) is 0.925. The Morgan fingerprint density at radius 3 is 2.29 bits per heavy atom. The quantitative estimate of drug-likeness (QED) is 0.555. The van der Waals surface area contributed by atoms with E-state index in [1.165, 1.54) is 8.61 Å². The second-order valence-corrected chi connectivity index (χ2v) is 9.15. The van der Waals surface area contributed by atoms with Crippen molar-refractivity contribution in [3.63, 3.8) is 0 Å². The summed E-state index contributed by atoms with van der Waals surface area (Å²) < 4.78 is 50.6. The van der Waals surface area contributed by atoms with Crippen LogP contribution in [0.2, 0.25) is 0 Å². The Hall–Kier alpha value is -2.30. The molecule has 1 atom stereocenters. The van der Waals surface area contributed by atoms with Gasteiger partial charge in [0.25, 0.3) is 10.2 Å². The molecule has 0 bridgehead atoms. The van der Waals surface area contributed by atoms with Crippen molar-refractivity contribution in [3.8, 4) is 17.2 Å². The van der Waals surface area contributed by atoms with Gasteiger partial charge in [-0.25, -0.2) is 0 Å². The molecule has 0 aromatic heterocycles. The lowest BCUT2D eigenvalue weighted by Gasteiger charge is -2.32. The van der Waals surface area contributed by atoms with Crippen LogP contribution in [0.5, 0.6) is 17.2 Å². The van der Waals surface area contributed by atoms with E-state index >= 15 is 0 Å². The van der Waals surface area contributed by atoms with E-state index in [9.17, 15) is 13.2 Å². The van der Waals surface area contributed by atoms with Crippen molar-refractivity contribution in [1.29, 1.82) is 0 Å². The van der Waals surface area contributed by atoms with Crippen molar-refractivity contribution in [2.45, 2.75) is 32.2 Å². The maximum atomic E-state index is 13.2. The molecule has 0 aliphatic carbocycles. The van der Waals surface area contributed by atoms with Crippen LogP contribution in [-0.4, -0.2) is 76.6 Å². The van der Waals surface area contributed by atoms with Gasteiger partial charge in [0.15, 0.2) is 0 Å². The molecule has 0 unspecified atom stereocenters. The molecule has 10 heteroatoms. The molecule has 0 saturated carbocycles. The van der Waals surface area contributed by atoms with Crippen LogP contribution in [-0.2, 0) is 19.7 Å². The highest BCUT2D eigenvalue weighted by Crippen LogP contribution is 2.41. The molecule has 172 valence electrons. The number of carbonyl (C=O) groups is 1. The number of hydrogen-bond donors (Lipinski definition) is 0. The molecular formula is C21H30N2O7S. The third-order valence-electron chi connectivity index (χ3n) is 5.59. The van der Waals surface area contributed by atoms with E-state index in [4.69, 9.17) is 18.9 Å². The average molecular weight is 455 g/mol. The molecule has 1 aromatic carbocycles. The van der Waals surface area contributed by atoms with Crippen LogP contribution in [0.15, 0.2) is 18.2 Å². The number of methoxy groups -OCH3 is 3. The zero-order valence-corrected chi connectivity index (χ0v) is 19.2. The van der Waals surface area contributed by atoms with Crippen LogP contribution < -0.4 is 14.2 Å². The molecule has 2 aliphatic rings. The molecule has 0 N–H and O–H groups in total. The monoisotopic (exact) mass is 454 g/mol. The van der Waals surface area contributed by atoms with Crippen molar-refractivity contribution in [2.24, 2.45) is 0 Å². The summed E-state index contributed by atoms with van der Waals surface area (Å²) in [5, 5.41) is 0. The van der Waals surface area contributed by atoms with Gasteiger partial charge in [-0.3, -0.25) is 4.79 Å². The average Bonchev–Trinajstić information content (AvgIpc) is 3.29. The van der Waals surface area contributed by atoms with E-state index in [0.29, 0.717) is 49.6 Å². The van der Waals surface area contributed by atoms with Gasteiger partial charge in [0.1, 0.15) is 23.3 Å². The standard InChI is InChI=1S/C21H30N2O7S/c1-5-30-21(24)17-7-6-10-23(17)31(25,26)22-11-8-15(9-12-22)20-18(28-3)13-16(27-2)14-19(20)29-4/h8,13-14,17H,5-7,9-12H2,1-4H3/t17-/m1/s1. The Labute approximate surface area is 183 Å². The molecule has 0 spiro atoms. The minimum Gasteiger partial charge on any atom is -0.496 e. The third-order valence-corrected chi connectivity index (χ3v) is 7.61. The summed E-state index contributed by atoms with van der Waals surface area (Å²) in [5.41, 5.74) is 1.72. The topological polar surface area (TPSA) is 94.6 Å². The number of nitrogens with zero attached hydrogens (tertiary/aromatic N) is 2. The summed E-state index contributed by atoms with van der Waals surface area (Å²) in [5.74, 6) is 1.32. The molecular weight excluding hydrogens is 424 g/mol. The number of rotatable bonds is 8. The Bertz CT molecular complexity index is 920. The molecule has 0 amide bonds. The third kappa shape index (κ3) is 4.65. The fourth-order valence-electron chi connectivity index (χ4n) is 4.05. The SMILES string of the molecule is CCOC(=O)[C@H]1CCCN1S(=O)(=O)N1CC=C(c2c(OC)cc(OC)cc2OC)CC1. The van der Waals surface area contributed by atoms with Crippen LogP contribution in [0.25, 0.3) is 5.57 Å². The summed E-state index contributed by atoms with van der Waals surface area (Å²) in [6.07, 6.45) is 3.46. The molecule has 2 heterocycles. The first-order chi connectivity index (χ1) is 14.9. The van der Waals surface area contributed by atoms with Gasteiger partial charge in [0, 0.05) is 31.8 Å². The maximum absolute atomic E-state index is 13.2. The number of esters is 1. The van der Waals surface area contributed by atoms with Crippen molar-refractivity contribution in [1.82, 2.24) is 8.61 Å². The molecule has 3 rings (SSSR count). The molecule has 1 saturated heterocycles. The van der Waals surface area contributed by atoms with Gasteiger partial charge in [-0.05, 0) is 31.8 Å². The second kappa shape index (κ2) is 9.88. The summed E-state index contributed by atoms with van der Waals surface area (Å²) in [6.45, 7) is 2.74. The van der Waals surface area contributed by atoms with Crippen LogP contribution in [0.3, 0.4) is 0 Å². The minimum absolute atomic E-state index is 0.196. The van der Waals surface area contributed by atoms with Crippen molar-refractivity contribution < 1.29 is 32.2 Å². The van der Waals surface area contributed by atoms with Gasteiger partial charge < -0.3 is 18.9 Å². The molecule has 31 heavy (non-hydrogen) atoms. The predicted molar refractivity (Wildman–Crippen MR) is 116 cm³/mol. The normalized spacial score (nSPS) is 20.3. The van der Waals surface area contributed by atoms with E-state index in [1.807, 2.05) is 6.08 Å². The fraction of sp³-hybridized carbons (Fsp3) is 0.571. The molecule has 0 radical (unpaired) electrons. The van der Waals surface area contributed by atoms with E-state index in [0.717, 1.165) is 11.1 Å². The van der Waals surface area contributed by atoms with Gasteiger partial charge in [0.05, 0.1) is 33.5 Å². The van der Waals surface area contributed by atoms with E-state index in [2.05, 4.69) is 0 Å². The van der Waals surface area contributed by atoms with Crippen molar-refractivity contribution in [2.75, 3.05) is 47.6 Å². The van der Waals surface area contributed by atoms with Gasteiger partial charge in [-0.15, -0.1) is 0 Å². The number of carbonyl (C=O) groups excluding carboxylic acids is 1. The zero-order valence-electron chi connectivity index (χ0n) is 18.4. The minimum atomic E-state index is -3.78. The van der Waals surface area contributed by atoms with E-state index in [1.54, 1.807) is 40.4 Å². The fourth-order valence-corrected chi connectivity index (χ4v) is 5.80. The Morgan fingerprint density at radius 2 is 1.77 bits per heavy atom. The molecule has 9 nitrogen and oxygen atoms in total. The summed E-state index contributed by atoms with van der Waals surface area (Å²) in [4.78, 5) is 12.2. The summed E-state index contributed by atoms with van der Waals surface area (Å²) >= 11 is 0. The Morgan fingerprint density at radius 1 is 1.10 bits per heavy atom. The first-order valence-electron chi connectivity index (χ1n) is 10.3. The lowest BCUT2D eigenvalue weighted by Crippen LogP contribution is -2.49. The lowest BCUT2D eigenvalue weighted by atomic mass is 9.98. The highest BCUT2D eigenvalue weighted by Gasteiger charge is 2.42. The second-order valence-electron chi connectivity index (χ2n) is 7.27. The first kappa shape index (κ1) is 23.4. The van der Waals surface area contributed by atoms with Gasteiger partial charge in [0.2, 0.25) is 0 Å². The predicted octanol–water partition coefficient (Wildman–Crippen LogP) is 2.07. The molecule has 1 aromatic rings. The van der Waals surface area contributed by atoms with Crippen molar-refractivity contribution >= 4 is 21.8 Å². The number of ether oxygens (including phenoxy) is 4. The highest BCUT2D eigenvalue weighted by atomic mass is 32.2. The van der Waals surface area contributed by atoms with E-state index in [-0.39, 0.29) is 13.2 Å². The summed E-state index contributed by atoms with van der Waals surface area (Å²) in [6, 6.07) is 2.79. The van der Waals surface area contributed by atoms with Crippen molar-refractivity contribution in [3.05, 3.63) is 23.8 Å². The molecule has 2 aliphatic heterocycles. The first-order valence-corrected chi connectivity index (χ1v) is 11.7. The van der Waals surface area contributed by atoms with Crippen LogP contribution >= 0.6 is 0 Å². The van der Waals surface area contributed by atoms with Crippen LogP contribution in [0.1, 0.15) is 31.7 Å². The van der Waals surface area contributed by atoms with Gasteiger partial charge in [-0.2, -0.15) is 17.0 Å². The smallest absolute Gasteiger partial charge is 0.324 e. The van der Waals surface area contributed by atoms with Crippen LogP contribution in [0.4, 0.5) is 0 Å². The molecule has 1 fully saturated rings. The Balaban J connectivity index is 1.84. The Kier molecular flexibility index (Phi) is 7.45. The number of hydrogen-bond acceptors (Lipinski definition) is 7. The van der Waals surface area contributed by atoms with E-state index < -0.39 is 22.2 Å². The van der Waals surface area contributed by atoms with Crippen LogP contribution in [0, 0.1) is 0 Å². The zero-order chi connectivity index (χ0) is 22.6. The van der Waals surface area contributed by atoms with Gasteiger partial charge in [-0.1, -0.05) is 6.08 Å². The largest absolute Gasteiger partial charge is 0.496 e. The maximum Gasteiger partial charge on any atom is 0.324 e. The number of benzene rings is 1.